The van der Waals surface area contributed by atoms with Crippen molar-refractivity contribution in [1.82, 2.24) is 14.1 Å². The second-order valence-corrected chi connectivity index (χ2v) is 14.6. The zero-order chi connectivity index (χ0) is 36.8. The Hall–Kier alpha value is -6.03. The van der Waals surface area contributed by atoms with Gasteiger partial charge in [-0.25, -0.2) is 4.98 Å². The van der Waals surface area contributed by atoms with Gasteiger partial charge in [0.25, 0.3) is 6.33 Å². The molecule has 9 rings (SSSR count). The van der Waals surface area contributed by atoms with E-state index < -0.39 is 0 Å². The van der Waals surface area contributed by atoms with E-state index in [4.69, 9.17) is 9.72 Å². The summed E-state index contributed by atoms with van der Waals surface area (Å²) in [6.45, 7) is 8.84. The third kappa shape index (κ3) is 6.93. The summed E-state index contributed by atoms with van der Waals surface area (Å²) >= 11 is 0. The summed E-state index contributed by atoms with van der Waals surface area (Å²) in [4.78, 5) is 4.81. The van der Waals surface area contributed by atoms with E-state index in [0.29, 0.717) is 11.5 Å². The van der Waals surface area contributed by atoms with Gasteiger partial charge in [0.05, 0.1) is 5.69 Å². The van der Waals surface area contributed by atoms with E-state index in [2.05, 4.69) is 164 Å². The molecule has 5 nitrogen and oxygen atoms in total. The van der Waals surface area contributed by atoms with Crippen LogP contribution in [0.5, 0.6) is 11.5 Å². The third-order valence-electron chi connectivity index (χ3n) is 10.0. The Morgan fingerprint density at radius 3 is 2.18 bits per heavy atom. The summed E-state index contributed by atoms with van der Waals surface area (Å²) in [6.07, 6.45) is 9.47. The molecule has 9 aromatic rings. The average molecular weight is 894 g/mol. The summed E-state index contributed by atoms with van der Waals surface area (Å²) in [7, 11) is 0. The number of imidazole rings is 1. The first-order chi connectivity index (χ1) is 26.3. The summed E-state index contributed by atoms with van der Waals surface area (Å²) in [5.74, 6) is 2.04. The van der Waals surface area contributed by atoms with Crippen LogP contribution >= 0.6 is 0 Å². The van der Waals surface area contributed by atoms with Crippen LogP contribution < -0.4 is 9.30 Å². The maximum Gasteiger partial charge on any atom is 0.267 e. The van der Waals surface area contributed by atoms with Crippen molar-refractivity contribution < 1.29 is 30.4 Å². The molecule has 0 radical (unpaired) electrons. The van der Waals surface area contributed by atoms with Crippen molar-refractivity contribution in [2.24, 2.45) is 0 Å². The van der Waals surface area contributed by atoms with Gasteiger partial charge in [0.1, 0.15) is 5.82 Å². The molecular weight excluding hydrogens is 856 g/mol. The van der Waals surface area contributed by atoms with Gasteiger partial charge in [-0.2, -0.15) is 18.2 Å². The Balaban J connectivity index is 0.00000427. The first-order valence-electron chi connectivity index (χ1n) is 18.2. The number of para-hydroxylation sites is 1. The number of rotatable bonds is 7. The molecule has 0 amide bonds. The van der Waals surface area contributed by atoms with E-state index in [0.717, 1.165) is 44.6 Å². The van der Waals surface area contributed by atoms with Crippen LogP contribution in [0.1, 0.15) is 31.9 Å². The largest absolute Gasteiger partial charge is 0.510 e. The van der Waals surface area contributed by atoms with Crippen molar-refractivity contribution in [3.63, 3.8) is 0 Å². The Morgan fingerprint density at radius 2 is 1.40 bits per heavy atom. The van der Waals surface area contributed by atoms with Gasteiger partial charge in [-0.3, -0.25) is 4.57 Å². The van der Waals surface area contributed by atoms with Crippen LogP contribution in [0.2, 0.25) is 0 Å². The number of nitrogens with zero attached hydrogens (tertiary/aromatic N) is 4. The van der Waals surface area contributed by atoms with E-state index in [9.17, 15) is 0 Å². The molecule has 3 heterocycles. The molecule has 0 aliphatic rings. The van der Waals surface area contributed by atoms with E-state index in [1.165, 1.54) is 27.8 Å². The van der Waals surface area contributed by atoms with E-state index in [1.54, 1.807) is 0 Å². The monoisotopic (exact) mass is 893 g/mol. The Morgan fingerprint density at radius 1 is 0.673 bits per heavy atom. The molecule has 272 valence electrons. The number of fused-ring (bicyclic) bond motifs is 3. The van der Waals surface area contributed by atoms with Crippen LogP contribution in [0.4, 0.5) is 0 Å². The molecule has 0 N–H and O–H groups in total. The van der Waals surface area contributed by atoms with Crippen molar-refractivity contribution in [3.8, 4) is 50.9 Å². The van der Waals surface area contributed by atoms with E-state index >= 15 is 0 Å². The fraction of sp³-hybridized carbons (Fsp3) is 0.102. The SMILES string of the molecule is Cc1c(-c2ccccc2)cc(-c2ccccc2)cc1-[n+]1[c-]n(-c2[c-]c(Oc3[c-]c4c(cc3)c3ccccc3n4-c3cc(C(C)(C)C)ccn3)ccc2)cc1.[Pt]. The predicted molar refractivity (Wildman–Crippen MR) is 217 cm³/mol. The van der Waals surface area contributed by atoms with Gasteiger partial charge in [-0.05, 0) is 87.1 Å². The zero-order valence-corrected chi connectivity index (χ0v) is 33.3. The topological polar surface area (TPSA) is 35.9 Å². The third-order valence-corrected chi connectivity index (χ3v) is 10.0. The second-order valence-electron chi connectivity index (χ2n) is 14.6. The van der Waals surface area contributed by atoms with Crippen LogP contribution in [-0.4, -0.2) is 14.1 Å². The molecule has 0 spiro atoms. The summed E-state index contributed by atoms with van der Waals surface area (Å²) in [5.41, 5.74) is 10.9. The van der Waals surface area contributed by atoms with Crippen molar-refractivity contribution in [2.75, 3.05) is 0 Å². The number of hydrogen-bond acceptors (Lipinski definition) is 2. The van der Waals surface area contributed by atoms with E-state index in [1.807, 2.05) is 53.5 Å². The molecular formula is C49H38N4OPt-2. The molecule has 0 saturated heterocycles. The van der Waals surface area contributed by atoms with E-state index in [-0.39, 0.29) is 26.5 Å². The molecule has 0 unspecified atom stereocenters. The minimum atomic E-state index is -0.0121. The van der Waals surface area contributed by atoms with Gasteiger partial charge in [-0.1, -0.05) is 105 Å². The molecule has 3 aromatic heterocycles. The van der Waals surface area contributed by atoms with Crippen molar-refractivity contribution in [1.29, 1.82) is 0 Å². The number of pyridine rings is 1. The normalized spacial score (nSPS) is 11.5. The van der Waals surface area contributed by atoms with Crippen LogP contribution in [-0.2, 0) is 26.5 Å². The first kappa shape index (κ1) is 36.0. The maximum atomic E-state index is 6.47. The molecule has 0 saturated carbocycles. The van der Waals surface area contributed by atoms with Gasteiger partial charge in [0.15, 0.2) is 0 Å². The number of ether oxygens (including phenoxy) is 1. The predicted octanol–water partition coefficient (Wildman–Crippen LogP) is 11.4. The van der Waals surface area contributed by atoms with Gasteiger partial charge in [0, 0.05) is 56.7 Å². The van der Waals surface area contributed by atoms with Crippen molar-refractivity contribution >= 4 is 21.8 Å². The first-order valence-corrected chi connectivity index (χ1v) is 18.2. The molecule has 0 bridgehead atoms. The maximum absolute atomic E-state index is 6.47. The van der Waals surface area contributed by atoms with Crippen LogP contribution in [0.15, 0.2) is 158 Å². The van der Waals surface area contributed by atoms with Crippen LogP contribution in [0.25, 0.3) is 61.3 Å². The van der Waals surface area contributed by atoms with Crippen LogP contribution in [0, 0.1) is 25.4 Å². The standard InChI is InChI=1S/C49H38N4O.Pt/c1-34-44(36-16-9-6-10-17-36)28-37(35-14-7-5-8-15-35)29-46(34)52-27-26-51(33-52)39-18-13-19-40(31-39)54-41-22-23-43-42-20-11-12-21-45(42)53(47(43)32-41)48-30-38(24-25-50-48)49(2,3)4;/h5-30H,1-4H3;/q-2;. The molecule has 0 aliphatic carbocycles. The van der Waals surface area contributed by atoms with Gasteiger partial charge >= 0.3 is 0 Å². The van der Waals surface area contributed by atoms with Gasteiger partial charge in [0.2, 0.25) is 0 Å². The number of aromatic nitrogens is 4. The Labute approximate surface area is 336 Å². The summed E-state index contributed by atoms with van der Waals surface area (Å²) in [6, 6.07) is 55.3. The summed E-state index contributed by atoms with van der Waals surface area (Å²) in [5, 5.41) is 2.23. The summed E-state index contributed by atoms with van der Waals surface area (Å²) < 4.78 is 12.7. The minimum Gasteiger partial charge on any atom is -0.510 e. The number of hydrogen-bond donors (Lipinski definition) is 0. The number of benzene rings is 6. The van der Waals surface area contributed by atoms with Crippen molar-refractivity contribution in [2.45, 2.75) is 33.1 Å². The molecule has 55 heavy (non-hydrogen) atoms. The fourth-order valence-electron chi connectivity index (χ4n) is 7.18. The average Bonchev–Trinajstić information content (AvgIpc) is 3.82. The smallest absolute Gasteiger partial charge is 0.267 e. The molecule has 6 aromatic carbocycles. The van der Waals surface area contributed by atoms with Crippen molar-refractivity contribution in [3.05, 3.63) is 188 Å². The molecule has 0 atom stereocenters. The Bertz CT molecular complexity index is 2800. The van der Waals surface area contributed by atoms with Gasteiger partial charge in [-0.15, -0.1) is 29.7 Å². The Kier molecular flexibility index (Phi) is 9.59. The second kappa shape index (κ2) is 14.7. The van der Waals surface area contributed by atoms with Crippen LogP contribution in [0.3, 0.4) is 0 Å². The van der Waals surface area contributed by atoms with Gasteiger partial charge < -0.3 is 13.9 Å². The molecule has 0 aliphatic heterocycles. The molecule has 0 fully saturated rings. The zero-order valence-electron chi connectivity index (χ0n) is 31.0. The quantitative estimate of drug-likeness (QED) is 0.118. The minimum absolute atomic E-state index is 0. The molecule has 6 heteroatoms. The fourth-order valence-corrected chi connectivity index (χ4v) is 7.18.